The number of amides is 1. The molecule has 0 aliphatic rings. The van der Waals surface area contributed by atoms with E-state index in [1.54, 1.807) is 13.2 Å². The maximum Gasteiger partial charge on any atom is 0.254 e. The lowest BCUT2D eigenvalue weighted by atomic mass is 10.2. The van der Waals surface area contributed by atoms with Gasteiger partial charge in [-0.2, -0.15) is 0 Å². The molecule has 104 valence electrons. The van der Waals surface area contributed by atoms with Gasteiger partial charge < -0.3 is 20.2 Å². The van der Waals surface area contributed by atoms with E-state index in [0.29, 0.717) is 24.4 Å². The zero-order valence-corrected chi connectivity index (χ0v) is 11.4. The van der Waals surface area contributed by atoms with Crippen molar-refractivity contribution >= 4 is 18.3 Å². The molecule has 1 rings (SSSR count). The van der Waals surface area contributed by atoms with E-state index < -0.39 is 0 Å². The number of carbonyl (C=O) groups is 1. The van der Waals surface area contributed by atoms with Crippen molar-refractivity contribution in [3.8, 4) is 0 Å². The molecule has 0 aliphatic heterocycles. The Bertz CT molecular complexity index is 342. The monoisotopic (exact) mass is 276 g/mol. The molecule has 0 aliphatic carbocycles. The molecule has 5 nitrogen and oxygen atoms in total. The van der Waals surface area contributed by atoms with Crippen molar-refractivity contribution in [2.24, 2.45) is 5.73 Å². The fourth-order valence-corrected chi connectivity index (χ4v) is 1.46. The maximum atomic E-state index is 11.6. The Morgan fingerprint density at radius 2 is 2.22 bits per heavy atom. The highest BCUT2D eigenvalue weighted by molar-refractivity contribution is 5.93. The number of carbonyl (C=O) groups excluding carboxylic acids is 1. The number of rotatable bonds is 8. The zero-order chi connectivity index (χ0) is 12.5. The predicted octanol–water partition coefficient (Wildman–Crippen LogP) is 1.71. The summed E-state index contributed by atoms with van der Waals surface area (Å²) in [6, 6.07) is 1.67. The smallest absolute Gasteiger partial charge is 0.254 e. The molecule has 18 heavy (non-hydrogen) atoms. The van der Waals surface area contributed by atoms with Gasteiger partial charge in [0.05, 0.1) is 12.1 Å². The molecule has 1 aromatic rings. The van der Waals surface area contributed by atoms with Crippen molar-refractivity contribution in [2.45, 2.75) is 25.8 Å². The van der Waals surface area contributed by atoms with E-state index in [0.717, 1.165) is 25.9 Å². The minimum Gasteiger partial charge on any atom is -0.467 e. The van der Waals surface area contributed by atoms with Gasteiger partial charge in [0.1, 0.15) is 12.0 Å². The molecule has 0 bridgehead atoms. The first-order valence-corrected chi connectivity index (χ1v) is 5.82. The number of hydrogen-bond donors (Lipinski definition) is 2. The Morgan fingerprint density at radius 1 is 1.44 bits per heavy atom. The summed E-state index contributed by atoms with van der Waals surface area (Å²) in [6.45, 7) is 1.76. The van der Waals surface area contributed by atoms with Gasteiger partial charge in [-0.3, -0.25) is 4.79 Å². The van der Waals surface area contributed by atoms with Gasteiger partial charge >= 0.3 is 0 Å². The third-order valence-corrected chi connectivity index (χ3v) is 2.43. The fraction of sp³-hybridized carbons (Fsp3) is 0.583. The van der Waals surface area contributed by atoms with Crippen LogP contribution in [0.1, 0.15) is 35.4 Å². The highest BCUT2D eigenvalue weighted by Crippen LogP contribution is 2.06. The molecule has 3 N–H and O–H groups in total. The van der Waals surface area contributed by atoms with Crippen LogP contribution in [-0.4, -0.2) is 26.2 Å². The van der Waals surface area contributed by atoms with E-state index in [1.807, 2.05) is 0 Å². The molecule has 0 saturated heterocycles. The third-order valence-electron chi connectivity index (χ3n) is 2.43. The van der Waals surface area contributed by atoms with E-state index in [4.69, 9.17) is 14.9 Å². The van der Waals surface area contributed by atoms with Gasteiger partial charge in [0.2, 0.25) is 0 Å². The van der Waals surface area contributed by atoms with Crippen molar-refractivity contribution in [1.29, 1.82) is 0 Å². The number of furan rings is 1. The highest BCUT2D eigenvalue weighted by Gasteiger charge is 2.08. The van der Waals surface area contributed by atoms with Gasteiger partial charge in [0, 0.05) is 20.3 Å². The van der Waals surface area contributed by atoms with Gasteiger partial charge in [-0.15, -0.1) is 12.4 Å². The average Bonchev–Trinajstić information content (AvgIpc) is 2.82. The SMILES string of the molecule is COCCCCCNC(=O)c1coc(CN)c1.Cl. The van der Waals surface area contributed by atoms with Crippen molar-refractivity contribution < 1.29 is 13.9 Å². The van der Waals surface area contributed by atoms with Crippen LogP contribution in [-0.2, 0) is 11.3 Å². The molecule has 1 heterocycles. The summed E-state index contributed by atoms with van der Waals surface area (Å²) in [4.78, 5) is 11.6. The largest absolute Gasteiger partial charge is 0.467 e. The maximum absolute atomic E-state index is 11.6. The quantitative estimate of drug-likeness (QED) is 0.709. The second-order valence-electron chi connectivity index (χ2n) is 3.82. The van der Waals surface area contributed by atoms with Crippen LogP contribution >= 0.6 is 12.4 Å². The third kappa shape index (κ3) is 6.05. The Hall–Kier alpha value is -1.04. The number of nitrogens with one attached hydrogen (secondary N) is 1. The number of ether oxygens (including phenoxy) is 1. The van der Waals surface area contributed by atoms with Gasteiger partial charge in [0.15, 0.2) is 0 Å². The van der Waals surface area contributed by atoms with Crippen LogP contribution in [0, 0.1) is 0 Å². The number of nitrogens with two attached hydrogens (primary N) is 1. The first-order valence-electron chi connectivity index (χ1n) is 5.82. The van der Waals surface area contributed by atoms with Gasteiger partial charge in [0.25, 0.3) is 5.91 Å². The lowest BCUT2D eigenvalue weighted by Crippen LogP contribution is -2.24. The number of methoxy groups -OCH3 is 1. The van der Waals surface area contributed by atoms with Crippen LogP contribution in [0.2, 0.25) is 0 Å². The normalized spacial score (nSPS) is 9.89. The topological polar surface area (TPSA) is 77.5 Å². The van der Waals surface area contributed by atoms with Gasteiger partial charge in [-0.25, -0.2) is 0 Å². The zero-order valence-electron chi connectivity index (χ0n) is 10.6. The molecule has 1 amide bonds. The second-order valence-corrected chi connectivity index (χ2v) is 3.82. The summed E-state index contributed by atoms with van der Waals surface area (Å²) in [7, 11) is 1.69. The lowest BCUT2D eigenvalue weighted by Gasteiger charge is -2.03. The van der Waals surface area contributed by atoms with Crippen molar-refractivity contribution in [2.75, 3.05) is 20.3 Å². The molecule has 1 aromatic heterocycles. The van der Waals surface area contributed by atoms with E-state index in [-0.39, 0.29) is 18.3 Å². The first-order chi connectivity index (χ1) is 8.27. The van der Waals surface area contributed by atoms with Crippen molar-refractivity contribution in [1.82, 2.24) is 5.32 Å². The van der Waals surface area contributed by atoms with Crippen LogP contribution in [0.3, 0.4) is 0 Å². The summed E-state index contributed by atoms with van der Waals surface area (Å²) in [5, 5.41) is 2.83. The van der Waals surface area contributed by atoms with Crippen LogP contribution in [0.4, 0.5) is 0 Å². The van der Waals surface area contributed by atoms with Crippen molar-refractivity contribution in [3.63, 3.8) is 0 Å². The Kier molecular flexibility index (Phi) is 9.36. The second kappa shape index (κ2) is 9.94. The van der Waals surface area contributed by atoms with Crippen molar-refractivity contribution in [3.05, 3.63) is 23.7 Å². The Morgan fingerprint density at radius 3 is 2.83 bits per heavy atom. The van der Waals surface area contributed by atoms with Crippen LogP contribution in [0.25, 0.3) is 0 Å². The fourth-order valence-electron chi connectivity index (χ4n) is 1.46. The molecule has 0 aromatic carbocycles. The number of unbranched alkanes of at least 4 members (excludes halogenated alkanes) is 2. The average molecular weight is 277 g/mol. The molecule has 0 fully saturated rings. The van der Waals surface area contributed by atoms with E-state index >= 15 is 0 Å². The summed E-state index contributed by atoms with van der Waals surface area (Å²) in [5.74, 6) is 0.510. The molecule has 6 heteroatoms. The number of halogens is 1. The Labute approximate surface area is 113 Å². The molecule has 0 radical (unpaired) electrons. The lowest BCUT2D eigenvalue weighted by molar-refractivity contribution is 0.0952. The molecular weight excluding hydrogens is 256 g/mol. The number of hydrogen-bond acceptors (Lipinski definition) is 4. The standard InChI is InChI=1S/C12H20N2O3.ClH/c1-16-6-4-2-3-5-14-12(15)10-7-11(8-13)17-9-10;/h7,9H,2-6,8,13H2,1H3,(H,14,15);1H. The minimum atomic E-state index is -0.111. The highest BCUT2D eigenvalue weighted by atomic mass is 35.5. The van der Waals surface area contributed by atoms with Gasteiger partial charge in [-0.1, -0.05) is 0 Å². The van der Waals surface area contributed by atoms with Gasteiger partial charge in [-0.05, 0) is 25.3 Å². The summed E-state index contributed by atoms with van der Waals surface area (Å²) in [5.41, 5.74) is 5.92. The summed E-state index contributed by atoms with van der Waals surface area (Å²) >= 11 is 0. The van der Waals surface area contributed by atoms with Crippen LogP contribution in [0.5, 0.6) is 0 Å². The molecule has 0 unspecified atom stereocenters. The van der Waals surface area contributed by atoms with Crippen LogP contribution < -0.4 is 11.1 Å². The minimum absolute atomic E-state index is 0. The molecule has 0 saturated carbocycles. The summed E-state index contributed by atoms with van der Waals surface area (Å²) < 4.78 is 10.0. The van der Waals surface area contributed by atoms with E-state index in [9.17, 15) is 4.79 Å². The molecule has 0 atom stereocenters. The molecule has 0 spiro atoms. The first kappa shape index (κ1) is 17.0. The van der Waals surface area contributed by atoms with E-state index in [2.05, 4.69) is 5.32 Å². The predicted molar refractivity (Wildman–Crippen MR) is 71.9 cm³/mol. The summed E-state index contributed by atoms with van der Waals surface area (Å²) in [6.07, 6.45) is 4.46. The molecular formula is C12H21ClN2O3. The van der Waals surface area contributed by atoms with Crippen LogP contribution in [0.15, 0.2) is 16.7 Å². The Balaban J connectivity index is 0.00000289. The van der Waals surface area contributed by atoms with E-state index in [1.165, 1.54) is 6.26 Å².